The van der Waals surface area contributed by atoms with Crippen LogP contribution in [0.25, 0.3) is 0 Å². The van der Waals surface area contributed by atoms with E-state index in [4.69, 9.17) is 14.2 Å². The first-order chi connectivity index (χ1) is 11.5. The van der Waals surface area contributed by atoms with Gasteiger partial charge in [0, 0.05) is 28.8 Å². The molecule has 0 amide bonds. The summed E-state index contributed by atoms with van der Waals surface area (Å²) < 4.78 is 16.3. The molecule has 1 aliphatic heterocycles. The van der Waals surface area contributed by atoms with Crippen LogP contribution in [0.3, 0.4) is 0 Å². The molecule has 1 aliphatic rings. The molecule has 124 valence electrons. The summed E-state index contributed by atoms with van der Waals surface area (Å²) in [6, 6.07) is 9.65. The molecule has 0 saturated carbocycles. The Bertz CT molecular complexity index is 802. The second-order valence-corrected chi connectivity index (χ2v) is 5.33. The number of benzene rings is 2. The molecule has 3 rings (SSSR count). The summed E-state index contributed by atoms with van der Waals surface area (Å²) in [4.78, 5) is 22.0. The van der Waals surface area contributed by atoms with Crippen LogP contribution in [0.4, 0.5) is 5.69 Å². The Kier molecular flexibility index (Phi) is 4.43. The van der Waals surface area contributed by atoms with E-state index in [1.807, 2.05) is 0 Å². The molecule has 2 aromatic carbocycles. The fraction of sp³-hybridized carbons (Fsp3) is 0.235. The van der Waals surface area contributed by atoms with Crippen molar-refractivity contribution in [3.63, 3.8) is 0 Å². The molecule has 0 spiro atoms. The highest BCUT2D eigenvalue weighted by Crippen LogP contribution is 2.33. The second kappa shape index (κ2) is 6.67. The van der Waals surface area contributed by atoms with Gasteiger partial charge in [-0.3, -0.25) is 14.9 Å². The molecule has 7 nitrogen and oxygen atoms in total. The lowest BCUT2D eigenvalue weighted by Gasteiger charge is -2.20. The highest BCUT2D eigenvalue weighted by atomic mass is 16.7. The van der Waals surface area contributed by atoms with Crippen LogP contribution in [0.15, 0.2) is 36.4 Å². The van der Waals surface area contributed by atoms with E-state index in [1.54, 1.807) is 24.3 Å². The number of carbonyl (C=O) groups is 1. The first-order valence-corrected chi connectivity index (χ1v) is 7.29. The van der Waals surface area contributed by atoms with Crippen molar-refractivity contribution in [1.29, 1.82) is 0 Å². The third kappa shape index (κ3) is 3.36. The Morgan fingerprint density at radius 2 is 2.17 bits per heavy atom. The number of carbonyl (C=O) groups excluding carboxylic acids is 1. The summed E-state index contributed by atoms with van der Waals surface area (Å²) in [5, 5.41) is 11.1. The molecule has 24 heavy (non-hydrogen) atoms. The Hall–Kier alpha value is -2.93. The smallest absolute Gasteiger partial charge is 0.270 e. The molecule has 0 aromatic heterocycles. The van der Waals surface area contributed by atoms with Crippen LogP contribution >= 0.6 is 0 Å². The van der Waals surface area contributed by atoms with Crippen LogP contribution in [0.1, 0.15) is 28.4 Å². The van der Waals surface area contributed by atoms with Gasteiger partial charge < -0.3 is 14.2 Å². The minimum atomic E-state index is -0.464. The Morgan fingerprint density at radius 1 is 1.33 bits per heavy atom. The van der Waals surface area contributed by atoms with Crippen LogP contribution in [0.5, 0.6) is 11.5 Å². The zero-order valence-corrected chi connectivity index (χ0v) is 13.0. The number of ketones is 1. The molecule has 7 heteroatoms. The number of fused-ring (bicyclic) bond motifs is 1. The van der Waals surface area contributed by atoms with Crippen molar-refractivity contribution in [2.45, 2.75) is 20.1 Å². The standard InChI is InChI=1S/C17H15NO6/c1-11(19)12-3-2-4-16(7-12)23-9-14-6-15(18(20)21)5-13-8-22-10-24-17(13)14/h2-7H,8-10H2,1H3. The normalized spacial score (nSPS) is 12.9. The van der Waals surface area contributed by atoms with E-state index >= 15 is 0 Å². The Labute approximate surface area is 137 Å². The van der Waals surface area contributed by atoms with E-state index in [1.165, 1.54) is 19.1 Å². The SMILES string of the molecule is CC(=O)c1cccc(OCc2cc([N+](=O)[O-])cc3c2OCOC3)c1. The molecule has 1 heterocycles. The molecule has 0 unspecified atom stereocenters. The number of ether oxygens (including phenoxy) is 3. The predicted octanol–water partition coefficient (Wildman–Crippen LogP) is 3.24. The summed E-state index contributed by atoms with van der Waals surface area (Å²) in [5.74, 6) is 0.998. The van der Waals surface area contributed by atoms with E-state index in [9.17, 15) is 14.9 Å². The second-order valence-electron chi connectivity index (χ2n) is 5.33. The van der Waals surface area contributed by atoms with Gasteiger partial charge in [0.25, 0.3) is 5.69 Å². The van der Waals surface area contributed by atoms with Crippen molar-refractivity contribution in [1.82, 2.24) is 0 Å². The number of nitro benzene ring substituents is 1. The lowest BCUT2D eigenvalue weighted by molar-refractivity contribution is -0.385. The average molecular weight is 329 g/mol. The van der Waals surface area contributed by atoms with Crippen molar-refractivity contribution < 1.29 is 23.9 Å². The van der Waals surface area contributed by atoms with Gasteiger partial charge in [0.15, 0.2) is 12.6 Å². The van der Waals surface area contributed by atoms with Crippen LogP contribution < -0.4 is 9.47 Å². The predicted molar refractivity (Wildman–Crippen MR) is 84.2 cm³/mol. The largest absolute Gasteiger partial charge is 0.489 e. The van der Waals surface area contributed by atoms with Gasteiger partial charge in [-0.1, -0.05) is 12.1 Å². The molecule has 0 bridgehead atoms. The van der Waals surface area contributed by atoms with Crippen molar-refractivity contribution in [2.75, 3.05) is 6.79 Å². The van der Waals surface area contributed by atoms with Crippen molar-refractivity contribution in [2.24, 2.45) is 0 Å². The van der Waals surface area contributed by atoms with Crippen molar-refractivity contribution in [3.05, 3.63) is 63.2 Å². The summed E-state index contributed by atoms with van der Waals surface area (Å²) in [7, 11) is 0. The minimum absolute atomic E-state index is 0.0427. The van der Waals surface area contributed by atoms with Crippen molar-refractivity contribution >= 4 is 11.5 Å². The van der Waals surface area contributed by atoms with Gasteiger partial charge in [-0.15, -0.1) is 0 Å². The molecule has 0 radical (unpaired) electrons. The summed E-state index contributed by atoms with van der Waals surface area (Å²) in [6.07, 6.45) is 0. The average Bonchev–Trinajstić information content (AvgIpc) is 2.59. The fourth-order valence-corrected chi connectivity index (χ4v) is 2.46. The number of nitro groups is 1. The van der Waals surface area contributed by atoms with Crippen LogP contribution in [0, 0.1) is 10.1 Å². The van der Waals surface area contributed by atoms with E-state index < -0.39 is 4.92 Å². The van der Waals surface area contributed by atoms with Crippen LogP contribution in [0.2, 0.25) is 0 Å². The number of hydrogen-bond donors (Lipinski definition) is 0. The van der Waals surface area contributed by atoms with Gasteiger partial charge in [-0.2, -0.15) is 0 Å². The lowest BCUT2D eigenvalue weighted by atomic mass is 10.1. The van der Waals surface area contributed by atoms with Gasteiger partial charge in [0.2, 0.25) is 0 Å². The van der Waals surface area contributed by atoms with E-state index in [2.05, 4.69) is 0 Å². The van der Waals surface area contributed by atoms with Crippen molar-refractivity contribution in [3.8, 4) is 11.5 Å². The first-order valence-electron chi connectivity index (χ1n) is 7.29. The van der Waals surface area contributed by atoms with Crippen LogP contribution in [-0.2, 0) is 18.0 Å². The van der Waals surface area contributed by atoms with E-state index in [-0.39, 0.29) is 31.5 Å². The van der Waals surface area contributed by atoms with Crippen LogP contribution in [-0.4, -0.2) is 17.5 Å². The molecule has 2 aromatic rings. The number of rotatable bonds is 5. The third-order valence-corrected chi connectivity index (χ3v) is 3.62. The maximum absolute atomic E-state index is 11.4. The summed E-state index contributed by atoms with van der Waals surface area (Å²) in [6.45, 7) is 1.91. The maximum Gasteiger partial charge on any atom is 0.270 e. The molecule has 0 saturated heterocycles. The summed E-state index contributed by atoms with van der Waals surface area (Å²) in [5.41, 5.74) is 1.68. The molecule has 0 aliphatic carbocycles. The zero-order valence-electron chi connectivity index (χ0n) is 13.0. The molecule has 0 atom stereocenters. The first kappa shape index (κ1) is 15.9. The van der Waals surface area contributed by atoms with Gasteiger partial charge in [-0.05, 0) is 19.1 Å². The molecule has 0 N–H and O–H groups in total. The highest BCUT2D eigenvalue weighted by Gasteiger charge is 2.21. The fourth-order valence-electron chi connectivity index (χ4n) is 2.46. The third-order valence-electron chi connectivity index (χ3n) is 3.62. The number of hydrogen-bond acceptors (Lipinski definition) is 6. The zero-order chi connectivity index (χ0) is 17.1. The van der Waals surface area contributed by atoms with E-state index in [0.29, 0.717) is 28.2 Å². The Morgan fingerprint density at radius 3 is 2.92 bits per heavy atom. The maximum atomic E-state index is 11.4. The Balaban J connectivity index is 1.86. The van der Waals surface area contributed by atoms with Gasteiger partial charge >= 0.3 is 0 Å². The highest BCUT2D eigenvalue weighted by molar-refractivity contribution is 5.94. The van der Waals surface area contributed by atoms with E-state index in [0.717, 1.165) is 0 Å². The lowest BCUT2D eigenvalue weighted by Crippen LogP contribution is -2.14. The number of Topliss-reactive ketones (excluding diaryl/α,β-unsaturated/α-hetero) is 1. The molecular weight excluding hydrogens is 314 g/mol. The summed E-state index contributed by atoms with van der Waals surface area (Å²) >= 11 is 0. The monoisotopic (exact) mass is 329 g/mol. The molecular formula is C17H15NO6. The number of non-ortho nitro benzene ring substituents is 1. The number of nitrogens with zero attached hydrogens (tertiary/aromatic N) is 1. The van der Waals surface area contributed by atoms with Gasteiger partial charge in [-0.25, -0.2) is 0 Å². The topological polar surface area (TPSA) is 87.9 Å². The van der Waals surface area contributed by atoms with Gasteiger partial charge in [0.05, 0.1) is 11.5 Å². The molecule has 0 fully saturated rings. The quantitative estimate of drug-likeness (QED) is 0.475. The van der Waals surface area contributed by atoms with Gasteiger partial charge in [0.1, 0.15) is 18.1 Å². The minimum Gasteiger partial charge on any atom is -0.489 e.